The smallest absolute Gasteiger partial charge is 0.260 e. The Kier molecular flexibility index (Phi) is 4.97. The minimum atomic E-state index is 0.0422. The lowest BCUT2D eigenvalue weighted by Crippen LogP contribution is -2.36. The van der Waals surface area contributed by atoms with Crippen LogP contribution in [-0.2, 0) is 17.6 Å². The molecule has 2 fully saturated rings. The first-order chi connectivity index (χ1) is 14.6. The number of carbonyl (C=O) groups excluding carboxylic acids is 1. The molecule has 7 heteroatoms. The maximum absolute atomic E-state index is 12.7. The van der Waals surface area contributed by atoms with Gasteiger partial charge in [-0.2, -0.15) is 0 Å². The summed E-state index contributed by atoms with van der Waals surface area (Å²) in [6.07, 6.45) is 3.33. The molecule has 30 heavy (non-hydrogen) atoms. The van der Waals surface area contributed by atoms with E-state index in [9.17, 15) is 4.79 Å². The number of fused-ring (bicyclic) bond motifs is 2. The lowest BCUT2D eigenvalue weighted by atomic mass is 10.0. The van der Waals surface area contributed by atoms with Crippen molar-refractivity contribution in [3.05, 3.63) is 41.3 Å². The number of likely N-dealkylation sites (tertiary alicyclic amines) is 1. The van der Waals surface area contributed by atoms with Crippen LogP contribution < -0.4 is 14.4 Å². The molecular formula is C23H28N4O3. The molecule has 0 spiro atoms. The number of nitrogens with zero attached hydrogens (tertiary/aromatic N) is 4. The number of hydrogen-bond donors (Lipinski definition) is 0. The fraction of sp³-hybridized carbons (Fsp3) is 0.522. The molecule has 7 nitrogen and oxygen atoms in total. The third-order valence-electron chi connectivity index (χ3n) is 6.58. The van der Waals surface area contributed by atoms with E-state index in [-0.39, 0.29) is 12.5 Å². The Hall–Kier alpha value is -2.83. The molecule has 1 amide bonds. The molecule has 5 rings (SSSR count). The zero-order valence-electron chi connectivity index (χ0n) is 17.6. The van der Waals surface area contributed by atoms with Crippen LogP contribution in [0, 0.1) is 18.8 Å². The van der Waals surface area contributed by atoms with Crippen molar-refractivity contribution in [1.82, 2.24) is 14.9 Å². The number of benzene rings is 1. The van der Waals surface area contributed by atoms with Crippen molar-refractivity contribution in [1.29, 1.82) is 0 Å². The molecule has 0 bridgehead atoms. The predicted molar refractivity (Wildman–Crippen MR) is 113 cm³/mol. The lowest BCUT2D eigenvalue weighted by Gasteiger charge is -2.24. The standard InChI is InChI=1S/C23H28N4O3/c1-15-24-19-7-5-6-18(19)23(25-15)27-12-16-10-26(11-17(16)13-27)22(28)14-30-21-9-4-3-8-20(21)29-2/h3-4,8-9,16-17H,5-7,10-14H2,1-2H3. The number of aromatic nitrogens is 2. The van der Waals surface area contributed by atoms with Crippen molar-refractivity contribution in [2.45, 2.75) is 26.2 Å². The normalized spacial score (nSPS) is 22.2. The van der Waals surface area contributed by atoms with Crippen molar-refractivity contribution < 1.29 is 14.3 Å². The van der Waals surface area contributed by atoms with Crippen LogP contribution in [0.3, 0.4) is 0 Å². The van der Waals surface area contributed by atoms with Gasteiger partial charge in [0.25, 0.3) is 5.91 Å². The van der Waals surface area contributed by atoms with E-state index in [2.05, 4.69) is 9.88 Å². The number of aryl methyl sites for hydroxylation is 2. The second kappa shape index (κ2) is 7.78. The number of hydrogen-bond acceptors (Lipinski definition) is 6. The summed E-state index contributed by atoms with van der Waals surface area (Å²) in [6, 6.07) is 7.42. The minimum Gasteiger partial charge on any atom is -0.493 e. The molecule has 2 aliphatic heterocycles. The zero-order chi connectivity index (χ0) is 20.7. The van der Waals surface area contributed by atoms with E-state index >= 15 is 0 Å². The molecule has 2 atom stereocenters. The molecular weight excluding hydrogens is 380 g/mol. The molecule has 1 aromatic carbocycles. The molecule has 158 valence electrons. The highest BCUT2D eigenvalue weighted by Gasteiger charge is 2.42. The van der Waals surface area contributed by atoms with E-state index in [0.29, 0.717) is 23.3 Å². The molecule has 0 saturated carbocycles. The van der Waals surface area contributed by atoms with Gasteiger partial charge >= 0.3 is 0 Å². The second-order valence-corrected chi connectivity index (χ2v) is 8.54. The van der Waals surface area contributed by atoms with E-state index in [0.717, 1.165) is 50.7 Å². The van der Waals surface area contributed by atoms with Gasteiger partial charge in [-0.3, -0.25) is 4.79 Å². The second-order valence-electron chi connectivity index (χ2n) is 8.54. The molecule has 1 aliphatic carbocycles. The van der Waals surface area contributed by atoms with Crippen LogP contribution in [0.2, 0.25) is 0 Å². The van der Waals surface area contributed by atoms with Crippen LogP contribution in [0.5, 0.6) is 11.5 Å². The summed E-state index contributed by atoms with van der Waals surface area (Å²) in [5, 5.41) is 0. The van der Waals surface area contributed by atoms with Gasteiger partial charge in [0.05, 0.1) is 7.11 Å². The van der Waals surface area contributed by atoms with Crippen molar-refractivity contribution in [3.8, 4) is 11.5 Å². The van der Waals surface area contributed by atoms with E-state index in [1.165, 1.54) is 17.7 Å². The third-order valence-corrected chi connectivity index (χ3v) is 6.58. The number of carbonyl (C=O) groups is 1. The Morgan fingerprint density at radius 3 is 2.53 bits per heavy atom. The Balaban J connectivity index is 1.20. The average Bonchev–Trinajstić information content (AvgIpc) is 3.46. The molecule has 2 aromatic rings. The summed E-state index contributed by atoms with van der Waals surface area (Å²) in [7, 11) is 1.60. The lowest BCUT2D eigenvalue weighted by molar-refractivity contribution is -0.132. The molecule has 2 saturated heterocycles. The van der Waals surface area contributed by atoms with E-state index in [4.69, 9.17) is 14.5 Å². The summed E-state index contributed by atoms with van der Waals surface area (Å²) in [6.45, 7) is 5.54. The highest BCUT2D eigenvalue weighted by molar-refractivity contribution is 5.78. The van der Waals surface area contributed by atoms with Crippen molar-refractivity contribution in [3.63, 3.8) is 0 Å². The quantitative estimate of drug-likeness (QED) is 0.756. The summed E-state index contributed by atoms with van der Waals surface area (Å²) < 4.78 is 11.0. The van der Waals surface area contributed by atoms with Gasteiger partial charge in [-0.05, 0) is 38.3 Å². The Labute approximate surface area is 177 Å². The van der Waals surface area contributed by atoms with Crippen LogP contribution in [0.1, 0.15) is 23.5 Å². The van der Waals surface area contributed by atoms with Crippen molar-refractivity contribution in [2.75, 3.05) is 44.8 Å². The summed E-state index contributed by atoms with van der Waals surface area (Å²) in [4.78, 5) is 26.5. The maximum atomic E-state index is 12.7. The highest BCUT2D eigenvalue weighted by Crippen LogP contribution is 2.37. The van der Waals surface area contributed by atoms with Gasteiger partial charge in [0.2, 0.25) is 0 Å². The summed E-state index contributed by atoms with van der Waals surface area (Å²) in [5.74, 6) is 4.29. The number of amides is 1. The first-order valence-electron chi connectivity index (χ1n) is 10.8. The highest BCUT2D eigenvalue weighted by atomic mass is 16.5. The monoisotopic (exact) mass is 408 g/mol. The average molecular weight is 409 g/mol. The first-order valence-corrected chi connectivity index (χ1v) is 10.8. The van der Waals surface area contributed by atoms with Crippen LogP contribution in [0.25, 0.3) is 0 Å². The maximum Gasteiger partial charge on any atom is 0.260 e. The minimum absolute atomic E-state index is 0.0422. The van der Waals surface area contributed by atoms with Gasteiger partial charge in [-0.25, -0.2) is 9.97 Å². The largest absolute Gasteiger partial charge is 0.493 e. The summed E-state index contributed by atoms with van der Waals surface area (Å²) in [5.41, 5.74) is 2.58. The number of anilines is 1. The van der Waals surface area contributed by atoms with Gasteiger partial charge in [0.15, 0.2) is 18.1 Å². The zero-order valence-corrected chi connectivity index (χ0v) is 17.6. The number of ether oxygens (including phenoxy) is 2. The molecule has 3 aliphatic rings. The Morgan fingerprint density at radius 2 is 1.80 bits per heavy atom. The van der Waals surface area contributed by atoms with Crippen molar-refractivity contribution in [2.24, 2.45) is 11.8 Å². The third kappa shape index (κ3) is 3.46. The molecule has 0 radical (unpaired) electrons. The molecule has 1 aromatic heterocycles. The fourth-order valence-corrected chi connectivity index (χ4v) is 5.13. The molecule has 0 N–H and O–H groups in total. The number of methoxy groups -OCH3 is 1. The van der Waals surface area contributed by atoms with Crippen LogP contribution in [-0.4, -0.2) is 60.7 Å². The van der Waals surface area contributed by atoms with Gasteiger partial charge in [0, 0.05) is 49.3 Å². The number of rotatable bonds is 5. The Morgan fingerprint density at radius 1 is 1.07 bits per heavy atom. The van der Waals surface area contributed by atoms with Gasteiger partial charge in [-0.15, -0.1) is 0 Å². The van der Waals surface area contributed by atoms with E-state index in [1.807, 2.05) is 36.1 Å². The van der Waals surface area contributed by atoms with Crippen LogP contribution in [0.4, 0.5) is 5.82 Å². The van der Waals surface area contributed by atoms with E-state index < -0.39 is 0 Å². The fourth-order valence-electron chi connectivity index (χ4n) is 5.13. The Bertz CT molecular complexity index is 949. The van der Waals surface area contributed by atoms with Crippen LogP contribution >= 0.6 is 0 Å². The van der Waals surface area contributed by atoms with Gasteiger partial charge < -0.3 is 19.3 Å². The molecule has 2 unspecified atom stereocenters. The van der Waals surface area contributed by atoms with Crippen LogP contribution in [0.15, 0.2) is 24.3 Å². The van der Waals surface area contributed by atoms with Crippen molar-refractivity contribution >= 4 is 11.7 Å². The topological polar surface area (TPSA) is 67.8 Å². The van der Waals surface area contributed by atoms with Gasteiger partial charge in [0.1, 0.15) is 11.6 Å². The molecule has 3 heterocycles. The first kappa shape index (κ1) is 19.2. The van der Waals surface area contributed by atoms with Gasteiger partial charge in [-0.1, -0.05) is 12.1 Å². The van der Waals surface area contributed by atoms with E-state index in [1.54, 1.807) is 7.11 Å². The SMILES string of the molecule is COc1ccccc1OCC(=O)N1CC2CN(c3nc(C)nc4c3CCC4)CC2C1. The number of para-hydroxylation sites is 2. The predicted octanol–water partition coefficient (Wildman–Crippen LogP) is 2.26. The summed E-state index contributed by atoms with van der Waals surface area (Å²) >= 11 is 0.